The molecule has 0 amide bonds. The van der Waals surface area contributed by atoms with E-state index >= 15 is 0 Å². The molecule has 0 aliphatic heterocycles. The SMILES string of the molecule is CNCCC(c1cccs1)c1cccs1. The monoisotopic (exact) mass is 237 g/mol. The number of rotatable bonds is 5. The second-order valence-electron chi connectivity index (χ2n) is 3.48. The van der Waals surface area contributed by atoms with Crippen molar-refractivity contribution in [2.24, 2.45) is 0 Å². The van der Waals surface area contributed by atoms with Crippen LogP contribution in [0.5, 0.6) is 0 Å². The summed E-state index contributed by atoms with van der Waals surface area (Å²) in [6.07, 6.45) is 1.18. The van der Waals surface area contributed by atoms with Gasteiger partial charge >= 0.3 is 0 Å². The van der Waals surface area contributed by atoms with Gasteiger partial charge < -0.3 is 5.32 Å². The van der Waals surface area contributed by atoms with Crippen LogP contribution < -0.4 is 5.32 Å². The Kier molecular flexibility index (Phi) is 3.94. The quantitative estimate of drug-likeness (QED) is 0.838. The average molecular weight is 237 g/mol. The van der Waals surface area contributed by atoms with E-state index in [1.54, 1.807) is 0 Å². The number of thiophene rings is 2. The van der Waals surface area contributed by atoms with Crippen LogP contribution in [0.4, 0.5) is 0 Å². The lowest BCUT2D eigenvalue weighted by molar-refractivity contribution is 0.675. The summed E-state index contributed by atoms with van der Waals surface area (Å²) in [5.41, 5.74) is 0. The predicted octanol–water partition coefficient (Wildman–Crippen LogP) is 3.55. The molecule has 0 atom stereocenters. The van der Waals surface area contributed by atoms with Crippen molar-refractivity contribution in [2.45, 2.75) is 12.3 Å². The molecule has 2 heterocycles. The second kappa shape index (κ2) is 5.45. The molecule has 0 bridgehead atoms. The van der Waals surface area contributed by atoms with E-state index in [1.165, 1.54) is 16.2 Å². The van der Waals surface area contributed by atoms with E-state index in [1.807, 2.05) is 29.7 Å². The van der Waals surface area contributed by atoms with Gasteiger partial charge in [0.1, 0.15) is 0 Å². The van der Waals surface area contributed by atoms with Crippen LogP contribution in [0.3, 0.4) is 0 Å². The van der Waals surface area contributed by atoms with Crippen molar-refractivity contribution in [1.29, 1.82) is 0 Å². The summed E-state index contributed by atoms with van der Waals surface area (Å²) >= 11 is 3.72. The summed E-state index contributed by atoms with van der Waals surface area (Å²) in [6.45, 7) is 1.07. The molecular weight excluding hydrogens is 222 g/mol. The standard InChI is InChI=1S/C12H15NS2/c1-13-7-6-10(11-4-2-8-14-11)12-5-3-9-15-12/h2-5,8-10,13H,6-7H2,1H3. The first-order valence-electron chi connectivity index (χ1n) is 5.13. The normalized spacial score (nSPS) is 11.1. The Morgan fingerprint density at radius 2 is 1.73 bits per heavy atom. The van der Waals surface area contributed by atoms with E-state index in [4.69, 9.17) is 0 Å². The molecule has 1 N–H and O–H groups in total. The Labute approximate surface area is 98.8 Å². The summed E-state index contributed by atoms with van der Waals surface area (Å²) in [5.74, 6) is 0.581. The molecule has 0 fully saturated rings. The first-order chi connectivity index (χ1) is 7.42. The Bertz CT molecular complexity index is 330. The molecule has 0 saturated heterocycles. The van der Waals surface area contributed by atoms with Crippen molar-refractivity contribution in [3.05, 3.63) is 44.8 Å². The summed E-state index contributed by atoms with van der Waals surface area (Å²) in [7, 11) is 2.01. The molecule has 2 rings (SSSR count). The van der Waals surface area contributed by atoms with Crippen LogP contribution in [-0.4, -0.2) is 13.6 Å². The third kappa shape index (κ3) is 2.68. The van der Waals surface area contributed by atoms with Crippen LogP contribution in [0.1, 0.15) is 22.1 Å². The maximum atomic E-state index is 3.23. The van der Waals surface area contributed by atoms with Crippen molar-refractivity contribution in [3.63, 3.8) is 0 Å². The lowest BCUT2D eigenvalue weighted by Gasteiger charge is -2.13. The van der Waals surface area contributed by atoms with Crippen LogP contribution in [-0.2, 0) is 0 Å². The van der Waals surface area contributed by atoms with Crippen molar-refractivity contribution in [3.8, 4) is 0 Å². The summed E-state index contributed by atoms with van der Waals surface area (Å²) < 4.78 is 0. The zero-order valence-electron chi connectivity index (χ0n) is 8.77. The minimum Gasteiger partial charge on any atom is -0.320 e. The molecule has 0 unspecified atom stereocenters. The van der Waals surface area contributed by atoms with Gasteiger partial charge in [0, 0.05) is 15.7 Å². The fourth-order valence-corrected chi connectivity index (χ4v) is 3.53. The molecule has 0 saturated carbocycles. The highest BCUT2D eigenvalue weighted by atomic mass is 32.1. The van der Waals surface area contributed by atoms with Gasteiger partial charge in [-0.2, -0.15) is 0 Å². The first-order valence-corrected chi connectivity index (χ1v) is 6.89. The minimum atomic E-state index is 0.581. The van der Waals surface area contributed by atoms with Gasteiger partial charge in [-0.3, -0.25) is 0 Å². The Morgan fingerprint density at radius 3 is 2.13 bits per heavy atom. The highest BCUT2D eigenvalue weighted by Crippen LogP contribution is 2.33. The van der Waals surface area contributed by atoms with Crippen molar-refractivity contribution in [2.75, 3.05) is 13.6 Å². The van der Waals surface area contributed by atoms with E-state index in [2.05, 4.69) is 40.3 Å². The second-order valence-corrected chi connectivity index (χ2v) is 5.43. The Hall–Kier alpha value is -0.640. The van der Waals surface area contributed by atoms with Gasteiger partial charge in [0.25, 0.3) is 0 Å². The lowest BCUT2D eigenvalue weighted by Crippen LogP contribution is -2.11. The third-order valence-electron chi connectivity index (χ3n) is 2.46. The highest BCUT2D eigenvalue weighted by molar-refractivity contribution is 7.11. The summed E-state index contributed by atoms with van der Waals surface area (Å²) in [6, 6.07) is 8.76. The topological polar surface area (TPSA) is 12.0 Å². The van der Waals surface area contributed by atoms with Gasteiger partial charge in [-0.1, -0.05) is 12.1 Å². The maximum absolute atomic E-state index is 3.23. The molecule has 80 valence electrons. The Morgan fingerprint density at radius 1 is 1.13 bits per heavy atom. The van der Waals surface area contributed by atoms with Crippen molar-refractivity contribution in [1.82, 2.24) is 5.32 Å². The number of nitrogens with one attached hydrogen (secondary N) is 1. The zero-order chi connectivity index (χ0) is 10.5. The average Bonchev–Trinajstić information content (AvgIpc) is 2.90. The largest absolute Gasteiger partial charge is 0.320 e. The van der Waals surface area contributed by atoms with Gasteiger partial charge in [-0.25, -0.2) is 0 Å². The molecule has 0 aliphatic carbocycles. The smallest absolute Gasteiger partial charge is 0.0290 e. The van der Waals surface area contributed by atoms with E-state index in [9.17, 15) is 0 Å². The Balaban J connectivity index is 2.17. The van der Waals surface area contributed by atoms with Crippen molar-refractivity contribution >= 4 is 22.7 Å². The van der Waals surface area contributed by atoms with E-state index in [-0.39, 0.29) is 0 Å². The van der Waals surface area contributed by atoms with Crippen LogP contribution in [0.25, 0.3) is 0 Å². The molecule has 15 heavy (non-hydrogen) atoms. The highest BCUT2D eigenvalue weighted by Gasteiger charge is 2.15. The lowest BCUT2D eigenvalue weighted by atomic mass is 10.0. The fraction of sp³-hybridized carbons (Fsp3) is 0.333. The first kappa shape index (κ1) is 10.9. The van der Waals surface area contributed by atoms with E-state index in [0.717, 1.165) is 6.54 Å². The van der Waals surface area contributed by atoms with Gasteiger partial charge in [0.05, 0.1) is 0 Å². The van der Waals surface area contributed by atoms with Crippen LogP contribution in [0.15, 0.2) is 35.0 Å². The molecule has 2 aromatic rings. The molecule has 0 spiro atoms. The summed E-state index contributed by atoms with van der Waals surface area (Å²) in [4.78, 5) is 2.96. The van der Waals surface area contributed by atoms with Gasteiger partial charge in [0.2, 0.25) is 0 Å². The molecule has 1 nitrogen and oxygen atoms in total. The maximum Gasteiger partial charge on any atom is 0.0290 e. The molecular formula is C12H15NS2. The summed E-state index contributed by atoms with van der Waals surface area (Å²) in [5, 5.41) is 7.56. The molecule has 0 aromatic carbocycles. The van der Waals surface area contributed by atoms with Crippen LogP contribution in [0.2, 0.25) is 0 Å². The third-order valence-corrected chi connectivity index (χ3v) is 4.43. The van der Waals surface area contributed by atoms with Crippen molar-refractivity contribution < 1.29 is 0 Å². The van der Waals surface area contributed by atoms with Gasteiger partial charge in [0.15, 0.2) is 0 Å². The fourth-order valence-electron chi connectivity index (χ4n) is 1.69. The van der Waals surface area contributed by atoms with E-state index < -0.39 is 0 Å². The predicted molar refractivity (Wildman–Crippen MR) is 69.0 cm³/mol. The number of hydrogen-bond acceptors (Lipinski definition) is 3. The number of hydrogen-bond donors (Lipinski definition) is 1. The zero-order valence-corrected chi connectivity index (χ0v) is 10.4. The van der Waals surface area contributed by atoms with E-state index in [0.29, 0.717) is 5.92 Å². The minimum absolute atomic E-state index is 0.581. The molecule has 3 heteroatoms. The van der Waals surface area contributed by atoms with Gasteiger partial charge in [-0.15, -0.1) is 22.7 Å². The van der Waals surface area contributed by atoms with Gasteiger partial charge in [-0.05, 0) is 42.9 Å². The van der Waals surface area contributed by atoms with Crippen LogP contribution >= 0.6 is 22.7 Å². The molecule has 2 aromatic heterocycles. The molecule has 0 aliphatic rings. The molecule has 0 radical (unpaired) electrons. The van der Waals surface area contributed by atoms with Crippen LogP contribution in [0, 0.1) is 0 Å².